The fraction of sp³-hybridized carbons (Fsp3) is 0.611. The summed E-state index contributed by atoms with van der Waals surface area (Å²) >= 11 is 0. The number of morpholine rings is 1. The second-order valence-corrected chi connectivity index (χ2v) is 8.49. The molecule has 2 aliphatic rings. The van der Waals surface area contributed by atoms with Crippen LogP contribution in [-0.4, -0.2) is 57.7 Å². The number of benzene rings is 1. The van der Waals surface area contributed by atoms with E-state index in [0.717, 1.165) is 25.7 Å². The molecule has 1 aromatic carbocycles. The smallest absolute Gasteiger partial charge is 0.263 e. The lowest BCUT2D eigenvalue weighted by Crippen LogP contribution is -2.46. The van der Waals surface area contributed by atoms with Crippen LogP contribution in [0, 0.1) is 0 Å². The van der Waals surface area contributed by atoms with E-state index in [0.29, 0.717) is 32.1 Å². The highest BCUT2D eigenvalue weighted by atomic mass is 32.2. The van der Waals surface area contributed by atoms with Crippen molar-refractivity contribution in [2.45, 2.75) is 49.6 Å². The van der Waals surface area contributed by atoms with Crippen molar-refractivity contribution in [2.24, 2.45) is 0 Å². The largest absolute Gasteiger partial charge is 0.481 e. The second kappa shape index (κ2) is 8.37. The van der Waals surface area contributed by atoms with Crippen LogP contribution < -0.4 is 9.46 Å². The third-order valence-electron chi connectivity index (χ3n) is 4.79. The molecule has 1 saturated heterocycles. The predicted molar refractivity (Wildman–Crippen MR) is 96.5 cm³/mol. The van der Waals surface area contributed by atoms with Gasteiger partial charge in [-0.2, -0.15) is 0 Å². The lowest BCUT2D eigenvalue weighted by molar-refractivity contribution is -0.142. The highest BCUT2D eigenvalue weighted by Gasteiger charge is 2.25. The number of rotatable bonds is 6. The van der Waals surface area contributed by atoms with Crippen molar-refractivity contribution in [3.05, 3.63) is 24.3 Å². The summed E-state index contributed by atoms with van der Waals surface area (Å²) in [6.45, 7) is 3.91. The first kappa shape index (κ1) is 19.1. The third-order valence-corrected chi connectivity index (χ3v) is 6.33. The van der Waals surface area contributed by atoms with E-state index < -0.39 is 16.1 Å². The van der Waals surface area contributed by atoms with Crippen LogP contribution in [0.15, 0.2) is 29.2 Å². The zero-order valence-electron chi connectivity index (χ0n) is 15.0. The number of sulfonamides is 1. The first-order chi connectivity index (χ1) is 12.5. The average Bonchev–Trinajstić information content (AvgIpc) is 3.14. The summed E-state index contributed by atoms with van der Waals surface area (Å²) in [6, 6.07) is 6.23. The molecule has 7 nitrogen and oxygen atoms in total. The molecular formula is C18H26N2O5S. The Kier molecular flexibility index (Phi) is 6.16. The normalized spacial score (nSPS) is 20.1. The van der Waals surface area contributed by atoms with Gasteiger partial charge in [-0.1, -0.05) is 12.8 Å². The monoisotopic (exact) mass is 382 g/mol. The van der Waals surface area contributed by atoms with Crippen molar-refractivity contribution >= 4 is 15.9 Å². The van der Waals surface area contributed by atoms with E-state index in [-0.39, 0.29) is 16.8 Å². The standard InChI is InChI=1S/C18H26N2O5S/c1-14(18(21)20-10-12-24-13-11-20)25-16-6-8-17(9-7-16)26(22,23)19-15-4-2-3-5-15/h6-9,14-15,19H,2-5,10-13H2,1H3/t14-/m0/s1. The molecule has 1 aliphatic heterocycles. The van der Waals surface area contributed by atoms with Gasteiger partial charge in [-0.3, -0.25) is 4.79 Å². The minimum absolute atomic E-state index is 0.0297. The molecule has 1 aliphatic carbocycles. The van der Waals surface area contributed by atoms with Crippen LogP contribution in [-0.2, 0) is 19.6 Å². The molecule has 3 rings (SSSR count). The fourth-order valence-electron chi connectivity index (χ4n) is 3.32. The molecule has 0 radical (unpaired) electrons. The van der Waals surface area contributed by atoms with E-state index >= 15 is 0 Å². The van der Waals surface area contributed by atoms with Crippen LogP contribution in [0.5, 0.6) is 5.75 Å². The van der Waals surface area contributed by atoms with E-state index in [4.69, 9.17) is 9.47 Å². The number of carbonyl (C=O) groups is 1. The number of nitrogens with zero attached hydrogens (tertiary/aromatic N) is 1. The molecule has 0 spiro atoms. The first-order valence-electron chi connectivity index (χ1n) is 9.11. The Morgan fingerprint density at radius 1 is 1.19 bits per heavy atom. The van der Waals surface area contributed by atoms with Crippen LogP contribution in [0.4, 0.5) is 0 Å². The minimum Gasteiger partial charge on any atom is -0.481 e. The number of carbonyl (C=O) groups excluding carboxylic acids is 1. The summed E-state index contributed by atoms with van der Waals surface area (Å²) in [6.07, 6.45) is 3.28. The SMILES string of the molecule is C[C@H](Oc1ccc(S(=O)(=O)NC2CCCC2)cc1)C(=O)N1CCOCC1. The molecule has 26 heavy (non-hydrogen) atoms. The summed E-state index contributed by atoms with van der Waals surface area (Å²) in [4.78, 5) is 14.3. The van der Waals surface area contributed by atoms with Gasteiger partial charge in [0.2, 0.25) is 10.0 Å². The van der Waals surface area contributed by atoms with E-state index in [1.807, 2.05) is 0 Å². The van der Waals surface area contributed by atoms with Gasteiger partial charge in [0.15, 0.2) is 6.10 Å². The van der Waals surface area contributed by atoms with E-state index in [1.165, 1.54) is 12.1 Å². The van der Waals surface area contributed by atoms with Crippen molar-refractivity contribution in [1.29, 1.82) is 0 Å². The molecule has 0 aromatic heterocycles. The van der Waals surface area contributed by atoms with Crippen LogP contribution in [0.1, 0.15) is 32.6 Å². The van der Waals surface area contributed by atoms with Crippen LogP contribution in [0.3, 0.4) is 0 Å². The third kappa shape index (κ3) is 4.75. The molecule has 1 N–H and O–H groups in total. The number of hydrogen-bond acceptors (Lipinski definition) is 5. The molecule has 1 amide bonds. The molecule has 1 aromatic rings. The number of nitrogens with one attached hydrogen (secondary N) is 1. The second-order valence-electron chi connectivity index (χ2n) is 6.77. The summed E-state index contributed by atoms with van der Waals surface area (Å²) < 4.78 is 38.5. The predicted octanol–water partition coefficient (Wildman–Crippen LogP) is 1.53. The van der Waals surface area contributed by atoms with Gasteiger partial charge in [0, 0.05) is 19.1 Å². The highest BCUT2D eigenvalue weighted by Crippen LogP contribution is 2.22. The minimum atomic E-state index is -3.52. The molecule has 1 saturated carbocycles. The zero-order valence-corrected chi connectivity index (χ0v) is 15.8. The average molecular weight is 382 g/mol. The first-order valence-corrected chi connectivity index (χ1v) is 10.6. The van der Waals surface area contributed by atoms with E-state index in [9.17, 15) is 13.2 Å². The van der Waals surface area contributed by atoms with Crippen molar-refractivity contribution in [3.8, 4) is 5.75 Å². The van der Waals surface area contributed by atoms with E-state index in [2.05, 4.69) is 4.72 Å². The number of amides is 1. The summed E-state index contributed by atoms with van der Waals surface area (Å²) in [7, 11) is -3.52. The zero-order chi connectivity index (χ0) is 18.6. The van der Waals surface area contributed by atoms with Gasteiger partial charge in [-0.25, -0.2) is 13.1 Å². The van der Waals surface area contributed by atoms with E-state index in [1.54, 1.807) is 24.0 Å². The van der Waals surface area contributed by atoms with Crippen molar-refractivity contribution in [1.82, 2.24) is 9.62 Å². The molecule has 144 valence electrons. The van der Waals surface area contributed by atoms with Gasteiger partial charge in [-0.15, -0.1) is 0 Å². The molecule has 0 bridgehead atoms. The fourth-order valence-corrected chi connectivity index (χ4v) is 4.63. The molecule has 0 unspecified atom stereocenters. The maximum Gasteiger partial charge on any atom is 0.263 e. The molecule has 2 fully saturated rings. The molecule has 1 heterocycles. The van der Waals surface area contributed by atoms with Gasteiger partial charge >= 0.3 is 0 Å². The lowest BCUT2D eigenvalue weighted by Gasteiger charge is -2.29. The summed E-state index contributed by atoms with van der Waals surface area (Å²) in [5, 5.41) is 0. The maximum absolute atomic E-state index is 12.4. The molecule has 1 atom stereocenters. The Hall–Kier alpha value is -1.64. The van der Waals surface area contributed by atoms with Gasteiger partial charge in [-0.05, 0) is 44.0 Å². The van der Waals surface area contributed by atoms with Gasteiger partial charge < -0.3 is 14.4 Å². The number of ether oxygens (including phenoxy) is 2. The van der Waals surface area contributed by atoms with Gasteiger partial charge in [0.25, 0.3) is 5.91 Å². The Bertz CT molecular complexity index is 708. The van der Waals surface area contributed by atoms with Crippen LogP contribution >= 0.6 is 0 Å². The summed E-state index contributed by atoms with van der Waals surface area (Å²) in [5.41, 5.74) is 0. The summed E-state index contributed by atoms with van der Waals surface area (Å²) in [5.74, 6) is 0.381. The topological polar surface area (TPSA) is 84.9 Å². The highest BCUT2D eigenvalue weighted by molar-refractivity contribution is 7.89. The van der Waals surface area contributed by atoms with Gasteiger partial charge in [0.1, 0.15) is 5.75 Å². The van der Waals surface area contributed by atoms with Crippen LogP contribution in [0.2, 0.25) is 0 Å². The van der Waals surface area contributed by atoms with Crippen molar-refractivity contribution < 1.29 is 22.7 Å². The quantitative estimate of drug-likeness (QED) is 0.807. The van der Waals surface area contributed by atoms with Gasteiger partial charge in [0.05, 0.1) is 18.1 Å². The Morgan fingerprint density at radius 2 is 1.81 bits per heavy atom. The van der Waals surface area contributed by atoms with Crippen molar-refractivity contribution in [3.63, 3.8) is 0 Å². The molecular weight excluding hydrogens is 356 g/mol. The lowest BCUT2D eigenvalue weighted by atomic mass is 10.3. The maximum atomic E-state index is 12.4. The van der Waals surface area contributed by atoms with Crippen LogP contribution in [0.25, 0.3) is 0 Å². The molecule has 8 heteroatoms. The Labute approximate surface area is 154 Å². The number of hydrogen-bond donors (Lipinski definition) is 1. The Morgan fingerprint density at radius 3 is 2.42 bits per heavy atom. The Balaban J connectivity index is 1.59. The van der Waals surface area contributed by atoms with Crippen molar-refractivity contribution in [2.75, 3.05) is 26.3 Å².